The van der Waals surface area contributed by atoms with E-state index in [1.54, 1.807) is 0 Å². The zero-order valence-electron chi connectivity index (χ0n) is 16.2. The Labute approximate surface area is 159 Å². The maximum Gasteiger partial charge on any atom is 0.632 e. The van der Waals surface area contributed by atoms with Crippen LogP contribution in [-0.2, 0) is 4.43 Å². The summed E-state index contributed by atoms with van der Waals surface area (Å²) in [4.78, 5) is 0. The maximum absolute atomic E-state index is 6.37. The van der Waals surface area contributed by atoms with Crippen LogP contribution in [-0.4, -0.2) is 15.4 Å². The minimum Gasteiger partial charge on any atom is -0.492 e. The Morgan fingerprint density at radius 2 is 1.15 bits per heavy atom. The minimum atomic E-state index is -2.85. The van der Waals surface area contributed by atoms with Gasteiger partial charge in [0.05, 0.1) is 0 Å². The van der Waals surface area contributed by atoms with Crippen LogP contribution < -0.4 is 8.85 Å². The fourth-order valence-electron chi connectivity index (χ4n) is 2.93. The molecule has 0 atom stereocenters. The van der Waals surface area contributed by atoms with Crippen LogP contribution in [0, 0.1) is 0 Å². The van der Waals surface area contributed by atoms with Gasteiger partial charge in [0.2, 0.25) is 0 Å². The fourth-order valence-corrected chi connectivity index (χ4v) is 5.55. The van der Waals surface area contributed by atoms with Crippen molar-refractivity contribution in [1.29, 1.82) is 0 Å². The molecule has 0 saturated heterocycles. The molecule has 0 aliphatic heterocycles. The van der Waals surface area contributed by atoms with Gasteiger partial charge < -0.3 is 13.3 Å². The largest absolute Gasteiger partial charge is 0.632 e. The monoisotopic (exact) mass is 372 g/mol. The van der Waals surface area contributed by atoms with Crippen molar-refractivity contribution in [1.82, 2.24) is 0 Å². The number of para-hydroxylation sites is 2. The highest BCUT2D eigenvalue weighted by molar-refractivity contribution is 6.62. The van der Waals surface area contributed by atoms with Crippen molar-refractivity contribution < 1.29 is 13.3 Å². The topological polar surface area (TPSA) is 27.7 Å². The summed E-state index contributed by atoms with van der Waals surface area (Å²) in [6.07, 6.45) is 7.41. The Kier molecular flexibility index (Phi) is 9.28. The van der Waals surface area contributed by atoms with Gasteiger partial charge in [0.15, 0.2) is 0 Å². The summed E-state index contributed by atoms with van der Waals surface area (Å²) in [6, 6.07) is 20.6. The van der Waals surface area contributed by atoms with Gasteiger partial charge >= 0.3 is 8.80 Å². The molecule has 0 radical (unpaired) electrons. The van der Waals surface area contributed by atoms with Crippen LogP contribution in [0.15, 0.2) is 60.7 Å². The number of hydrogen-bond donors (Lipinski definition) is 0. The molecule has 0 amide bonds. The molecule has 0 N–H and O–H groups in total. The second kappa shape index (κ2) is 11.8. The molecular formula is C22H32O3Si. The van der Waals surface area contributed by atoms with E-state index in [1.807, 2.05) is 67.6 Å². The molecule has 2 rings (SSSR count). The van der Waals surface area contributed by atoms with Gasteiger partial charge in [0.1, 0.15) is 11.5 Å². The first-order valence-electron chi connectivity index (χ1n) is 9.90. The molecular weight excluding hydrogens is 340 g/mol. The van der Waals surface area contributed by atoms with E-state index in [1.165, 1.54) is 32.1 Å². The lowest BCUT2D eigenvalue weighted by molar-refractivity contribution is 0.172. The minimum absolute atomic E-state index is 0.585. The lowest BCUT2D eigenvalue weighted by atomic mass is 10.1. The predicted molar refractivity (Wildman–Crippen MR) is 110 cm³/mol. The Hall–Kier alpha value is -1.78. The highest BCUT2D eigenvalue weighted by Crippen LogP contribution is 2.26. The van der Waals surface area contributed by atoms with Gasteiger partial charge in [-0.1, -0.05) is 75.4 Å². The SMILES string of the molecule is CCCCCCCC[Si](OCC)(Oc1ccccc1)Oc1ccccc1. The predicted octanol–water partition coefficient (Wildman–Crippen LogP) is 6.48. The van der Waals surface area contributed by atoms with E-state index in [-0.39, 0.29) is 0 Å². The van der Waals surface area contributed by atoms with Gasteiger partial charge in [-0.25, -0.2) is 0 Å². The second-order valence-electron chi connectivity index (χ2n) is 6.46. The average Bonchev–Trinajstić information content (AvgIpc) is 2.66. The zero-order chi connectivity index (χ0) is 18.5. The average molecular weight is 373 g/mol. The summed E-state index contributed by atoms with van der Waals surface area (Å²) in [5, 5.41) is 0. The Morgan fingerprint density at radius 1 is 0.654 bits per heavy atom. The van der Waals surface area contributed by atoms with Crippen molar-refractivity contribution in [3.8, 4) is 11.5 Å². The van der Waals surface area contributed by atoms with Crippen LogP contribution in [0.25, 0.3) is 0 Å². The molecule has 2 aromatic rings. The van der Waals surface area contributed by atoms with E-state index in [0.717, 1.165) is 24.0 Å². The normalized spacial score (nSPS) is 11.3. The van der Waals surface area contributed by atoms with Gasteiger partial charge in [-0.3, -0.25) is 0 Å². The quantitative estimate of drug-likeness (QED) is 0.297. The van der Waals surface area contributed by atoms with E-state index in [2.05, 4.69) is 6.92 Å². The standard InChI is InChI=1S/C22H32O3Si/c1-3-5-6-7-8-15-20-26(23-4-2,24-21-16-11-9-12-17-21)25-22-18-13-10-14-19-22/h9-14,16-19H,3-8,15,20H2,1-2H3. The van der Waals surface area contributed by atoms with E-state index < -0.39 is 8.80 Å². The van der Waals surface area contributed by atoms with Gasteiger partial charge in [-0.2, -0.15) is 0 Å². The molecule has 4 heteroatoms. The second-order valence-corrected chi connectivity index (χ2v) is 9.03. The highest BCUT2D eigenvalue weighted by atomic mass is 28.4. The smallest absolute Gasteiger partial charge is 0.492 e. The molecule has 0 bridgehead atoms. The van der Waals surface area contributed by atoms with E-state index in [4.69, 9.17) is 13.3 Å². The maximum atomic E-state index is 6.37. The third-order valence-electron chi connectivity index (χ3n) is 4.23. The summed E-state index contributed by atoms with van der Waals surface area (Å²) in [5.41, 5.74) is 0. The van der Waals surface area contributed by atoms with Crippen molar-refractivity contribution in [2.24, 2.45) is 0 Å². The Balaban J connectivity index is 2.08. The van der Waals surface area contributed by atoms with Gasteiger partial charge in [-0.15, -0.1) is 0 Å². The van der Waals surface area contributed by atoms with Crippen LogP contribution in [0.4, 0.5) is 0 Å². The lowest BCUT2D eigenvalue weighted by Gasteiger charge is -2.30. The van der Waals surface area contributed by atoms with Gasteiger partial charge in [-0.05, 0) is 37.6 Å². The number of benzene rings is 2. The van der Waals surface area contributed by atoms with E-state index in [0.29, 0.717) is 6.61 Å². The molecule has 0 fully saturated rings. The van der Waals surface area contributed by atoms with E-state index >= 15 is 0 Å². The first-order chi connectivity index (χ1) is 12.8. The van der Waals surface area contributed by atoms with Crippen LogP contribution in [0.1, 0.15) is 52.4 Å². The highest BCUT2D eigenvalue weighted by Gasteiger charge is 2.45. The van der Waals surface area contributed by atoms with Crippen molar-refractivity contribution in [3.05, 3.63) is 60.7 Å². The van der Waals surface area contributed by atoms with Crippen LogP contribution >= 0.6 is 0 Å². The zero-order valence-corrected chi connectivity index (χ0v) is 17.2. The summed E-state index contributed by atoms with van der Waals surface area (Å²) in [5.74, 6) is 1.63. The van der Waals surface area contributed by atoms with Gasteiger partial charge in [0, 0.05) is 12.7 Å². The summed E-state index contributed by atoms with van der Waals surface area (Å²) in [6.45, 7) is 4.84. The molecule has 0 aliphatic carbocycles. The first kappa shape index (κ1) is 20.5. The number of rotatable bonds is 13. The van der Waals surface area contributed by atoms with Crippen molar-refractivity contribution in [3.63, 3.8) is 0 Å². The molecule has 3 nitrogen and oxygen atoms in total. The summed E-state index contributed by atoms with van der Waals surface area (Å²) in [7, 11) is -2.85. The Morgan fingerprint density at radius 3 is 1.65 bits per heavy atom. The molecule has 2 aromatic carbocycles. The molecule has 0 spiro atoms. The molecule has 0 aromatic heterocycles. The first-order valence-corrected chi connectivity index (χ1v) is 11.8. The summed E-state index contributed by atoms with van der Waals surface area (Å²) >= 11 is 0. The number of hydrogen-bond acceptors (Lipinski definition) is 3. The van der Waals surface area contributed by atoms with E-state index in [9.17, 15) is 0 Å². The van der Waals surface area contributed by atoms with Crippen LogP contribution in [0.3, 0.4) is 0 Å². The Bertz CT molecular complexity index is 547. The third kappa shape index (κ3) is 7.22. The van der Waals surface area contributed by atoms with Crippen molar-refractivity contribution in [2.75, 3.05) is 6.61 Å². The molecule has 0 heterocycles. The molecule has 0 unspecified atom stereocenters. The molecule has 142 valence electrons. The van der Waals surface area contributed by atoms with Crippen molar-refractivity contribution in [2.45, 2.75) is 58.4 Å². The lowest BCUT2D eigenvalue weighted by Crippen LogP contribution is -2.51. The number of unbranched alkanes of at least 4 members (excludes halogenated alkanes) is 5. The van der Waals surface area contributed by atoms with Crippen molar-refractivity contribution >= 4 is 8.80 Å². The van der Waals surface area contributed by atoms with Crippen LogP contribution in [0.2, 0.25) is 6.04 Å². The van der Waals surface area contributed by atoms with Gasteiger partial charge in [0.25, 0.3) is 0 Å². The van der Waals surface area contributed by atoms with Crippen LogP contribution in [0.5, 0.6) is 11.5 Å². The molecule has 0 saturated carbocycles. The molecule has 26 heavy (non-hydrogen) atoms. The third-order valence-corrected chi connectivity index (χ3v) is 7.02. The fraction of sp³-hybridized carbons (Fsp3) is 0.455. The summed E-state index contributed by atoms with van der Waals surface area (Å²) < 4.78 is 18.9. The molecule has 0 aliphatic rings.